The van der Waals surface area contributed by atoms with Crippen molar-refractivity contribution in [3.05, 3.63) is 0 Å². The Morgan fingerprint density at radius 2 is 1.80 bits per heavy atom. The highest BCUT2D eigenvalue weighted by molar-refractivity contribution is 9.09. The van der Waals surface area contributed by atoms with Crippen LogP contribution in [0.15, 0.2) is 0 Å². The lowest BCUT2D eigenvalue weighted by molar-refractivity contribution is 0.260. The van der Waals surface area contributed by atoms with Crippen LogP contribution in [0.5, 0.6) is 0 Å². The molecule has 0 atom stereocenters. The molecule has 1 rings (SSSR count). The van der Waals surface area contributed by atoms with Crippen LogP contribution in [0, 0.1) is 11.3 Å². The van der Waals surface area contributed by atoms with E-state index in [0.717, 1.165) is 5.92 Å². The van der Waals surface area contributed by atoms with E-state index in [0.29, 0.717) is 5.41 Å². The van der Waals surface area contributed by atoms with Gasteiger partial charge in [-0.25, -0.2) is 0 Å². The van der Waals surface area contributed by atoms with E-state index < -0.39 is 0 Å². The number of hydrogen-bond acceptors (Lipinski definition) is 0. The maximum Gasteiger partial charge on any atom is 0.00904 e. The van der Waals surface area contributed by atoms with Gasteiger partial charge in [0.1, 0.15) is 0 Å². The highest BCUT2D eigenvalue weighted by Gasteiger charge is 2.41. The molecule has 1 aliphatic rings. The molecule has 1 heteroatoms. The molecule has 0 N–H and O–H groups in total. The molecule has 0 aliphatic heterocycles. The summed E-state index contributed by atoms with van der Waals surface area (Å²) in [4.78, 5) is 0. The van der Waals surface area contributed by atoms with Crippen LogP contribution < -0.4 is 0 Å². The van der Waals surface area contributed by atoms with E-state index in [-0.39, 0.29) is 0 Å². The van der Waals surface area contributed by atoms with Crippen molar-refractivity contribution in [2.75, 3.05) is 5.33 Å². The van der Waals surface area contributed by atoms with Crippen LogP contribution in [0.4, 0.5) is 0 Å². The van der Waals surface area contributed by atoms with Crippen LogP contribution in [0.1, 0.15) is 39.5 Å². The molecule has 0 aromatic heterocycles. The summed E-state index contributed by atoms with van der Waals surface area (Å²) in [5, 5.41) is 1.21. The summed E-state index contributed by atoms with van der Waals surface area (Å²) in [5.41, 5.74) is 0.653. The van der Waals surface area contributed by atoms with E-state index in [1.807, 2.05) is 0 Å². The summed E-state index contributed by atoms with van der Waals surface area (Å²) in [6.45, 7) is 4.64. The SMILES string of the molecule is CCC(CC)(CBr)C1CC1. The maximum absolute atomic E-state index is 3.63. The highest BCUT2D eigenvalue weighted by atomic mass is 79.9. The van der Waals surface area contributed by atoms with Gasteiger partial charge in [0.2, 0.25) is 0 Å². The van der Waals surface area contributed by atoms with Gasteiger partial charge < -0.3 is 0 Å². The normalized spacial score (nSPS) is 19.5. The molecule has 0 spiro atoms. The molecule has 0 radical (unpaired) electrons. The third-order valence-corrected chi connectivity index (χ3v) is 4.23. The molecule has 0 aromatic rings. The molecule has 60 valence electrons. The van der Waals surface area contributed by atoms with E-state index in [9.17, 15) is 0 Å². The first-order valence-corrected chi connectivity index (χ1v) is 5.47. The smallest absolute Gasteiger partial charge is 0.00904 e. The Kier molecular flexibility index (Phi) is 2.79. The van der Waals surface area contributed by atoms with Gasteiger partial charge in [0.15, 0.2) is 0 Å². The summed E-state index contributed by atoms with van der Waals surface area (Å²) in [6, 6.07) is 0. The Bertz CT molecular complexity index is 93.0. The monoisotopic (exact) mass is 204 g/mol. The average molecular weight is 205 g/mol. The Morgan fingerprint density at radius 3 is 1.90 bits per heavy atom. The molecule has 10 heavy (non-hydrogen) atoms. The van der Waals surface area contributed by atoms with Gasteiger partial charge in [-0.2, -0.15) is 0 Å². The number of rotatable bonds is 4. The summed E-state index contributed by atoms with van der Waals surface area (Å²) in [7, 11) is 0. The third-order valence-electron chi connectivity index (χ3n) is 3.12. The van der Waals surface area contributed by atoms with E-state index >= 15 is 0 Å². The first-order valence-electron chi connectivity index (χ1n) is 4.35. The minimum Gasteiger partial charge on any atom is -0.0922 e. The van der Waals surface area contributed by atoms with Crippen molar-refractivity contribution in [3.8, 4) is 0 Å². The second kappa shape index (κ2) is 3.25. The first kappa shape index (κ1) is 8.58. The Balaban J connectivity index is 2.52. The fourth-order valence-corrected chi connectivity index (χ4v) is 3.07. The molecular formula is C9H17Br. The number of halogens is 1. The first-order chi connectivity index (χ1) is 4.79. The minimum absolute atomic E-state index is 0.653. The van der Waals surface area contributed by atoms with Crippen LogP contribution in [0.25, 0.3) is 0 Å². The lowest BCUT2D eigenvalue weighted by Crippen LogP contribution is -2.23. The average Bonchev–Trinajstić information content (AvgIpc) is 2.77. The van der Waals surface area contributed by atoms with Crippen molar-refractivity contribution in [2.45, 2.75) is 39.5 Å². The van der Waals surface area contributed by atoms with Crippen LogP contribution in [0.3, 0.4) is 0 Å². The minimum atomic E-state index is 0.653. The topological polar surface area (TPSA) is 0 Å². The molecule has 0 aromatic carbocycles. The van der Waals surface area contributed by atoms with Gasteiger partial charge in [0, 0.05) is 5.33 Å². The van der Waals surface area contributed by atoms with E-state index in [4.69, 9.17) is 0 Å². The number of hydrogen-bond donors (Lipinski definition) is 0. The Labute approximate surface area is 72.5 Å². The van der Waals surface area contributed by atoms with Gasteiger partial charge in [0.05, 0.1) is 0 Å². The van der Waals surface area contributed by atoms with Gasteiger partial charge in [-0.15, -0.1) is 0 Å². The quantitative estimate of drug-likeness (QED) is 0.615. The molecule has 1 fully saturated rings. The molecule has 0 nitrogen and oxygen atoms in total. The number of alkyl halides is 1. The van der Waals surface area contributed by atoms with Crippen molar-refractivity contribution in [1.29, 1.82) is 0 Å². The zero-order chi connectivity index (χ0) is 7.61. The molecule has 0 saturated heterocycles. The maximum atomic E-state index is 3.63. The summed E-state index contributed by atoms with van der Waals surface area (Å²) >= 11 is 3.63. The highest BCUT2D eigenvalue weighted by Crippen LogP contribution is 2.50. The zero-order valence-corrected chi connectivity index (χ0v) is 8.58. The third kappa shape index (κ3) is 1.39. The molecular weight excluding hydrogens is 188 g/mol. The van der Waals surface area contributed by atoms with Gasteiger partial charge in [-0.05, 0) is 37.0 Å². The second-order valence-electron chi connectivity index (χ2n) is 3.48. The second-order valence-corrected chi connectivity index (χ2v) is 4.04. The zero-order valence-electron chi connectivity index (χ0n) is 6.99. The van der Waals surface area contributed by atoms with Crippen LogP contribution in [-0.2, 0) is 0 Å². The van der Waals surface area contributed by atoms with E-state index in [1.165, 1.54) is 31.0 Å². The molecule has 0 unspecified atom stereocenters. The molecule has 0 heterocycles. The van der Waals surface area contributed by atoms with Gasteiger partial charge >= 0.3 is 0 Å². The Morgan fingerprint density at radius 1 is 1.30 bits per heavy atom. The van der Waals surface area contributed by atoms with Crippen molar-refractivity contribution in [2.24, 2.45) is 11.3 Å². The van der Waals surface area contributed by atoms with Crippen LogP contribution >= 0.6 is 15.9 Å². The predicted octanol–water partition coefficient (Wildman–Crippen LogP) is 3.60. The van der Waals surface area contributed by atoms with E-state index in [2.05, 4.69) is 29.8 Å². The lowest BCUT2D eigenvalue weighted by atomic mass is 9.80. The van der Waals surface area contributed by atoms with Gasteiger partial charge in [-0.1, -0.05) is 29.8 Å². The van der Waals surface area contributed by atoms with Gasteiger partial charge in [-0.3, -0.25) is 0 Å². The van der Waals surface area contributed by atoms with Crippen molar-refractivity contribution in [3.63, 3.8) is 0 Å². The summed E-state index contributed by atoms with van der Waals surface area (Å²) < 4.78 is 0. The Hall–Kier alpha value is 0.480. The van der Waals surface area contributed by atoms with Crippen molar-refractivity contribution >= 4 is 15.9 Å². The standard InChI is InChI=1S/C9H17Br/c1-3-9(4-2,7-10)8-5-6-8/h8H,3-7H2,1-2H3. The van der Waals surface area contributed by atoms with Gasteiger partial charge in [0.25, 0.3) is 0 Å². The molecule has 0 bridgehead atoms. The summed E-state index contributed by atoms with van der Waals surface area (Å²) in [6.07, 6.45) is 5.65. The fraction of sp³-hybridized carbons (Fsp3) is 1.00. The fourth-order valence-electron chi connectivity index (χ4n) is 1.82. The summed E-state index contributed by atoms with van der Waals surface area (Å²) in [5.74, 6) is 1.04. The van der Waals surface area contributed by atoms with Crippen molar-refractivity contribution in [1.82, 2.24) is 0 Å². The van der Waals surface area contributed by atoms with Crippen molar-refractivity contribution < 1.29 is 0 Å². The molecule has 0 amide bonds. The largest absolute Gasteiger partial charge is 0.0922 e. The molecule has 1 aliphatic carbocycles. The van der Waals surface area contributed by atoms with Crippen LogP contribution in [0.2, 0.25) is 0 Å². The molecule has 1 saturated carbocycles. The van der Waals surface area contributed by atoms with Crippen LogP contribution in [-0.4, -0.2) is 5.33 Å². The van der Waals surface area contributed by atoms with E-state index in [1.54, 1.807) is 0 Å². The predicted molar refractivity (Wildman–Crippen MR) is 49.5 cm³/mol. The lowest BCUT2D eigenvalue weighted by Gasteiger charge is -2.29.